The number of anilines is 1. The number of rotatable bonds is 5. The second kappa shape index (κ2) is 11.8. The SMILES string of the molecule is CCN1CCN(C[C@@H](O)[C@@H]2Cc3ccccc3CN2)C(=O)c2ccc(C(=O)N3C4CCCC3COC4)cc21.Cl. The Bertz CT molecular complexity index is 1190. The molecule has 0 spiro atoms. The van der Waals surface area contributed by atoms with E-state index < -0.39 is 6.10 Å². The van der Waals surface area contributed by atoms with Crippen molar-refractivity contribution in [2.24, 2.45) is 0 Å². The zero-order chi connectivity index (χ0) is 26.2. The first-order chi connectivity index (χ1) is 18.5. The van der Waals surface area contributed by atoms with Crippen LogP contribution < -0.4 is 10.2 Å². The normalized spacial score (nSPS) is 25.2. The van der Waals surface area contributed by atoms with Gasteiger partial charge in [0.05, 0.1) is 42.7 Å². The van der Waals surface area contributed by atoms with E-state index >= 15 is 0 Å². The van der Waals surface area contributed by atoms with Crippen molar-refractivity contribution in [2.45, 2.75) is 63.4 Å². The minimum absolute atomic E-state index is 0. The van der Waals surface area contributed by atoms with Crippen molar-refractivity contribution >= 4 is 29.9 Å². The number of ether oxygens (including phenoxy) is 1. The second-order valence-corrected chi connectivity index (χ2v) is 11.1. The molecule has 2 saturated heterocycles. The van der Waals surface area contributed by atoms with Gasteiger partial charge < -0.3 is 29.9 Å². The second-order valence-electron chi connectivity index (χ2n) is 11.1. The number of nitrogens with zero attached hydrogens (tertiary/aromatic N) is 3. The Kier molecular flexibility index (Phi) is 8.47. The molecule has 8 nitrogen and oxygen atoms in total. The molecule has 2 N–H and O–H groups in total. The van der Waals surface area contributed by atoms with Crippen molar-refractivity contribution in [3.05, 3.63) is 64.7 Å². The first kappa shape index (κ1) is 27.9. The largest absolute Gasteiger partial charge is 0.390 e. The number of carbonyl (C=O) groups is 2. The number of nitrogens with one attached hydrogen (secondary N) is 1. The van der Waals surface area contributed by atoms with E-state index in [4.69, 9.17) is 4.74 Å². The third-order valence-electron chi connectivity index (χ3n) is 8.83. The third kappa shape index (κ3) is 5.40. The van der Waals surface area contributed by atoms with E-state index in [0.717, 1.165) is 44.5 Å². The molecule has 210 valence electrons. The van der Waals surface area contributed by atoms with Crippen molar-refractivity contribution in [1.29, 1.82) is 0 Å². The molecule has 4 heterocycles. The number of aliphatic hydroxyl groups is 1. The number of benzene rings is 2. The molecule has 6 rings (SSSR count). The van der Waals surface area contributed by atoms with Gasteiger partial charge in [0.1, 0.15) is 0 Å². The number of likely N-dealkylation sites (N-methyl/N-ethyl adjacent to an activating group) is 1. The van der Waals surface area contributed by atoms with Gasteiger partial charge in [-0.3, -0.25) is 9.59 Å². The molecule has 0 aromatic heterocycles. The summed E-state index contributed by atoms with van der Waals surface area (Å²) < 4.78 is 5.74. The van der Waals surface area contributed by atoms with Gasteiger partial charge in [0.25, 0.3) is 11.8 Å². The number of fused-ring (bicyclic) bond motifs is 4. The molecular formula is C30H39ClN4O4. The molecule has 9 heteroatoms. The lowest BCUT2D eigenvalue weighted by atomic mass is 9.92. The number of morpholine rings is 1. The van der Waals surface area contributed by atoms with Gasteiger partial charge in [0.15, 0.2) is 0 Å². The smallest absolute Gasteiger partial charge is 0.256 e. The van der Waals surface area contributed by atoms with Crippen molar-refractivity contribution < 1.29 is 19.4 Å². The van der Waals surface area contributed by atoms with Gasteiger partial charge in [-0.25, -0.2) is 0 Å². The molecule has 0 saturated carbocycles. The average molecular weight is 555 g/mol. The fourth-order valence-corrected chi connectivity index (χ4v) is 6.66. The third-order valence-corrected chi connectivity index (χ3v) is 8.83. The highest BCUT2D eigenvalue weighted by Crippen LogP contribution is 2.32. The average Bonchev–Trinajstić information content (AvgIpc) is 3.07. The Hall–Kier alpha value is -2.65. The van der Waals surface area contributed by atoms with Crippen LogP contribution in [0.5, 0.6) is 0 Å². The highest BCUT2D eigenvalue weighted by atomic mass is 35.5. The molecule has 39 heavy (non-hydrogen) atoms. The summed E-state index contributed by atoms with van der Waals surface area (Å²) in [6, 6.07) is 14.0. The molecule has 2 aromatic rings. The lowest BCUT2D eigenvalue weighted by molar-refractivity contribution is -0.0565. The highest BCUT2D eigenvalue weighted by molar-refractivity contribution is 6.03. The van der Waals surface area contributed by atoms with Gasteiger partial charge in [-0.2, -0.15) is 0 Å². The van der Waals surface area contributed by atoms with Crippen molar-refractivity contribution in [3.8, 4) is 0 Å². The summed E-state index contributed by atoms with van der Waals surface area (Å²) in [6.45, 7) is 6.19. The van der Waals surface area contributed by atoms with Crippen molar-refractivity contribution in [2.75, 3.05) is 44.3 Å². The molecule has 2 aromatic carbocycles. The molecule has 4 aliphatic rings. The lowest BCUT2D eigenvalue weighted by Gasteiger charge is -2.45. The quantitative estimate of drug-likeness (QED) is 0.591. The summed E-state index contributed by atoms with van der Waals surface area (Å²) in [4.78, 5) is 33.3. The Balaban J connectivity index is 0.00000308. The van der Waals surface area contributed by atoms with Crippen LogP contribution in [0.1, 0.15) is 58.0 Å². The Labute approximate surface area is 236 Å². The Morgan fingerprint density at radius 1 is 1.08 bits per heavy atom. The molecule has 2 unspecified atom stereocenters. The number of hydrogen-bond acceptors (Lipinski definition) is 6. The number of hydrogen-bond donors (Lipinski definition) is 2. The van der Waals surface area contributed by atoms with Crippen LogP contribution in [0.15, 0.2) is 42.5 Å². The van der Waals surface area contributed by atoms with E-state index in [9.17, 15) is 14.7 Å². The van der Waals surface area contributed by atoms with Gasteiger partial charge in [0.2, 0.25) is 0 Å². The summed E-state index contributed by atoms with van der Waals surface area (Å²) >= 11 is 0. The maximum atomic E-state index is 13.7. The summed E-state index contributed by atoms with van der Waals surface area (Å²) in [5.74, 6) is -0.0528. The molecule has 2 amide bonds. The van der Waals surface area contributed by atoms with E-state index in [1.165, 1.54) is 11.1 Å². The molecule has 0 radical (unpaired) electrons. The fourth-order valence-electron chi connectivity index (χ4n) is 6.66. The van der Waals surface area contributed by atoms with Crippen LogP contribution in [0, 0.1) is 0 Å². The topological polar surface area (TPSA) is 85.3 Å². The van der Waals surface area contributed by atoms with E-state index in [2.05, 4.69) is 29.3 Å². The van der Waals surface area contributed by atoms with Gasteiger partial charge in [-0.1, -0.05) is 24.3 Å². The molecular weight excluding hydrogens is 516 g/mol. The number of piperidine rings is 1. The summed E-state index contributed by atoms with van der Waals surface area (Å²) in [6.07, 6.45) is 3.16. The summed E-state index contributed by atoms with van der Waals surface area (Å²) in [5.41, 5.74) is 4.55. The van der Waals surface area contributed by atoms with Crippen LogP contribution in [-0.4, -0.2) is 90.3 Å². The van der Waals surface area contributed by atoms with Crippen LogP contribution in [0.3, 0.4) is 0 Å². The van der Waals surface area contributed by atoms with Crippen molar-refractivity contribution in [3.63, 3.8) is 0 Å². The van der Waals surface area contributed by atoms with E-state index in [1.807, 2.05) is 29.2 Å². The Morgan fingerprint density at radius 3 is 2.54 bits per heavy atom. The van der Waals surface area contributed by atoms with Gasteiger partial charge in [0, 0.05) is 44.3 Å². The van der Waals surface area contributed by atoms with Crippen molar-refractivity contribution in [1.82, 2.24) is 15.1 Å². The van der Waals surface area contributed by atoms with Crippen LogP contribution >= 0.6 is 12.4 Å². The molecule has 4 aliphatic heterocycles. The number of β-amino-alcohol motifs (C(OH)–C–C–N with tert-alkyl or cyclic N) is 1. The van der Waals surface area contributed by atoms with Crippen LogP contribution in [-0.2, 0) is 17.7 Å². The van der Waals surface area contributed by atoms with E-state index in [0.29, 0.717) is 37.4 Å². The first-order valence-corrected chi connectivity index (χ1v) is 14.1. The predicted octanol–water partition coefficient (Wildman–Crippen LogP) is 2.86. The maximum Gasteiger partial charge on any atom is 0.256 e. The standard InChI is InChI=1S/C30H38N4O4.ClH/c1-2-32-12-13-33(17-28(35)26-14-20-6-3-4-7-22(20)16-31-26)30(37)25-11-10-21(15-27(25)32)29(36)34-23-8-5-9-24(34)19-38-18-23;/h3-4,6-7,10-11,15,23-24,26,28,31,35H,2,5,8-9,12-14,16-19H2,1H3;1H/t23?,24?,26-,28+;/m0./s1. The van der Waals surface area contributed by atoms with E-state index in [-0.39, 0.29) is 48.9 Å². The van der Waals surface area contributed by atoms with Gasteiger partial charge >= 0.3 is 0 Å². The van der Waals surface area contributed by atoms with Gasteiger partial charge in [-0.05, 0) is 61.9 Å². The van der Waals surface area contributed by atoms with Crippen LogP contribution in [0.4, 0.5) is 5.69 Å². The molecule has 2 bridgehead atoms. The zero-order valence-corrected chi connectivity index (χ0v) is 23.4. The number of amides is 2. The predicted molar refractivity (Wildman–Crippen MR) is 153 cm³/mol. The number of halogens is 1. The van der Waals surface area contributed by atoms with E-state index in [1.54, 1.807) is 11.0 Å². The molecule has 2 fully saturated rings. The van der Waals surface area contributed by atoms with Crippen LogP contribution in [0.2, 0.25) is 0 Å². The maximum absolute atomic E-state index is 13.7. The number of aliphatic hydroxyl groups excluding tert-OH is 1. The fraction of sp³-hybridized carbons (Fsp3) is 0.533. The first-order valence-electron chi connectivity index (χ1n) is 14.1. The lowest BCUT2D eigenvalue weighted by Crippen LogP contribution is -2.57. The van der Waals surface area contributed by atoms with Crippen LogP contribution in [0.25, 0.3) is 0 Å². The monoisotopic (exact) mass is 554 g/mol. The minimum atomic E-state index is -0.675. The van der Waals surface area contributed by atoms with Gasteiger partial charge in [-0.15, -0.1) is 12.4 Å². The summed E-state index contributed by atoms with van der Waals surface area (Å²) in [5, 5.41) is 14.6. The zero-order valence-electron chi connectivity index (χ0n) is 22.6. The Morgan fingerprint density at radius 2 is 1.79 bits per heavy atom. The minimum Gasteiger partial charge on any atom is -0.390 e. The molecule has 4 atom stereocenters. The molecule has 0 aliphatic carbocycles. The highest BCUT2D eigenvalue weighted by Gasteiger charge is 2.39. The number of carbonyl (C=O) groups excluding carboxylic acids is 2. The summed E-state index contributed by atoms with van der Waals surface area (Å²) in [7, 11) is 0.